The van der Waals surface area contributed by atoms with Crippen molar-refractivity contribution in [1.82, 2.24) is 0 Å². The highest BCUT2D eigenvalue weighted by atomic mass is 16.5. The molecule has 2 rings (SSSR count). The van der Waals surface area contributed by atoms with E-state index in [0.29, 0.717) is 18.7 Å². The molecule has 3 nitrogen and oxygen atoms in total. The number of hydrogen-bond acceptors (Lipinski definition) is 3. The minimum Gasteiger partial charge on any atom is -0.488 e. The van der Waals surface area contributed by atoms with Crippen molar-refractivity contribution in [3.63, 3.8) is 0 Å². The summed E-state index contributed by atoms with van der Waals surface area (Å²) in [5.74, 6) is 0.741. The van der Waals surface area contributed by atoms with Crippen LogP contribution in [0.15, 0.2) is 53.7 Å². The molecule has 0 aromatic heterocycles. The fraction of sp³-hybridized carbons (Fsp3) is 0.235. The van der Waals surface area contributed by atoms with Crippen LogP contribution in [0.1, 0.15) is 30.0 Å². The zero-order chi connectivity index (χ0) is 14.4. The van der Waals surface area contributed by atoms with Gasteiger partial charge in [0.1, 0.15) is 12.4 Å². The normalized spacial score (nSPS) is 11.4. The van der Waals surface area contributed by atoms with Crippen LogP contribution in [0.5, 0.6) is 5.75 Å². The molecule has 20 heavy (non-hydrogen) atoms. The van der Waals surface area contributed by atoms with Gasteiger partial charge in [-0.1, -0.05) is 48.5 Å². The van der Waals surface area contributed by atoms with E-state index in [1.807, 2.05) is 43.3 Å². The molecule has 0 saturated heterocycles. The Bertz CT molecular complexity index is 605. The average Bonchev–Trinajstić information content (AvgIpc) is 2.49. The molecule has 0 bridgehead atoms. The molecule has 0 aliphatic heterocycles. The van der Waals surface area contributed by atoms with Crippen molar-refractivity contribution in [2.45, 2.75) is 26.9 Å². The third-order valence-electron chi connectivity index (χ3n) is 3.30. The fourth-order valence-electron chi connectivity index (χ4n) is 2.07. The Balaban J connectivity index is 2.20. The summed E-state index contributed by atoms with van der Waals surface area (Å²) in [5, 5.41) is 12.4. The molecule has 0 amide bonds. The first kappa shape index (κ1) is 14.1. The standard InChI is InChI=1S/C17H19NO2/c1-3-16(18-19)15-10-6-7-11-17(15)20-12-14-9-5-4-8-13(14)2/h4-11,19H,3,12H2,1-2H3/b18-16+. The molecule has 0 atom stereocenters. The summed E-state index contributed by atoms with van der Waals surface area (Å²) in [4.78, 5) is 0. The van der Waals surface area contributed by atoms with E-state index in [0.717, 1.165) is 16.9 Å². The van der Waals surface area contributed by atoms with Crippen LogP contribution in [0.2, 0.25) is 0 Å². The third kappa shape index (κ3) is 3.18. The maximum absolute atomic E-state index is 9.07. The first-order valence-electron chi connectivity index (χ1n) is 6.74. The van der Waals surface area contributed by atoms with Crippen LogP contribution in [0.4, 0.5) is 0 Å². The van der Waals surface area contributed by atoms with E-state index >= 15 is 0 Å². The molecule has 0 radical (unpaired) electrons. The van der Waals surface area contributed by atoms with Crippen molar-refractivity contribution in [3.8, 4) is 5.75 Å². The van der Waals surface area contributed by atoms with Crippen LogP contribution in [-0.4, -0.2) is 10.9 Å². The highest BCUT2D eigenvalue weighted by Gasteiger charge is 2.09. The molecule has 0 spiro atoms. The molecule has 0 heterocycles. The summed E-state index contributed by atoms with van der Waals surface area (Å²) < 4.78 is 5.90. The molecule has 0 aliphatic carbocycles. The molecule has 2 aromatic carbocycles. The van der Waals surface area contributed by atoms with Gasteiger partial charge < -0.3 is 9.94 Å². The molecule has 0 saturated carbocycles. The van der Waals surface area contributed by atoms with Gasteiger partial charge in [-0.15, -0.1) is 0 Å². The maximum atomic E-state index is 9.07. The van der Waals surface area contributed by atoms with Crippen LogP contribution in [0.3, 0.4) is 0 Å². The smallest absolute Gasteiger partial charge is 0.128 e. The molecule has 1 N–H and O–H groups in total. The van der Waals surface area contributed by atoms with E-state index in [1.54, 1.807) is 0 Å². The number of para-hydroxylation sites is 1. The van der Waals surface area contributed by atoms with Gasteiger partial charge in [0.25, 0.3) is 0 Å². The van der Waals surface area contributed by atoms with Gasteiger partial charge >= 0.3 is 0 Å². The van der Waals surface area contributed by atoms with Gasteiger partial charge in [0.2, 0.25) is 0 Å². The summed E-state index contributed by atoms with van der Waals surface area (Å²) in [5.41, 5.74) is 3.83. The van der Waals surface area contributed by atoms with Gasteiger partial charge in [-0.05, 0) is 36.6 Å². The van der Waals surface area contributed by atoms with Crippen molar-refractivity contribution in [2.75, 3.05) is 0 Å². The quantitative estimate of drug-likeness (QED) is 0.503. The van der Waals surface area contributed by atoms with Gasteiger partial charge in [0.05, 0.1) is 5.71 Å². The molecule has 0 fully saturated rings. The number of oxime groups is 1. The van der Waals surface area contributed by atoms with E-state index < -0.39 is 0 Å². The molecule has 2 aromatic rings. The van der Waals surface area contributed by atoms with Crippen LogP contribution in [0.25, 0.3) is 0 Å². The minimum atomic E-state index is 0.506. The number of aryl methyl sites for hydroxylation is 1. The lowest BCUT2D eigenvalue weighted by molar-refractivity contribution is 0.302. The highest BCUT2D eigenvalue weighted by Crippen LogP contribution is 2.22. The van der Waals surface area contributed by atoms with Gasteiger partial charge in [0, 0.05) is 5.56 Å². The van der Waals surface area contributed by atoms with Crippen molar-refractivity contribution < 1.29 is 9.94 Å². The predicted molar refractivity (Wildman–Crippen MR) is 80.6 cm³/mol. The Morgan fingerprint density at radius 1 is 1.10 bits per heavy atom. The van der Waals surface area contributed by atoms with E-state index in [4.69, 9.17) is 9.94 Å². The summed E-state index contributed by atoms with van der Waals surface area (Å²) in [6.45, 7) is 4.52. The lowest BCUT2D eigenvalue weighted by atomic mass is 10.1. The zero-order valence-corrected chi connectivity index (χ0v) is 11.8. The molecule has 0 unspecified atom stereocenters. The number of ether oxygens (including phenoxy) is 1. The van der Waals surface area contributed by atoms with Gasteiger partial charge in [0.15, 0.2) is 0 Å². The summed E-state index contributed by atoms with van der Waals surface area (Å²) in [6.07, 6.45) is 0.654. The largest absolute Gasteiger partial charge is 0.488 e. The second-order valence-electron chi connectivity index (χ2n) is 4.61. The lowest BCUT2D eigenvalue weighted by Gasteiger charge is -2.12. The van der Waals surface area contributed by atoms with Crippen molar-refractivity contribution in [1.29, 1.82) is 0 Å². The Morgan fingerprint density at radius 3 is 2.50 bits per heavy atom. The Kier molecular flexibility index (Phi) is 4.77. The van der Waals surface area contributed by atoms with Crippen molar-refractivity contribution in [3.05, 3.63) is 65.2 Å². The van der Waals surface area contributed by atoms with Crippen molar-refractivity contribution in [2.24, 2.45) is 5.16 Å². The zero-order valence-electron chi connectivity index (χ0n) is 11.8. The summed E-state index contributed by atoms with van der Waals surface area (Å²) >= 11 is 0. The molecule has 104 valence electrons. The summed E-state index contributed by atoms with van der Waals surface area (Å²) in [7, 11) is 0. The first-order chi connectivity index (χ1) is 9.76. The Morgan fingerprint density at radius 2 is 1.80 bits per heavy atom. The monoisotopic (exact) mass is 269 g/mol. The molecule has 3 heteroatoms. The van der Waals surface area contributed by atoms with E-state index in [2.05, 4.69) is 24.2 Å². The van der Waals surface area contributed by atoms with Gasteiger partial charge in [-0.25, -0.2) is 0 Å². The average molecular weight is 269 g/mol. The van der Waals surface area contributed by atoms with Gasteiger partial charge in [-0.2, -0.15) is 0 Å². The lowest BCUT2D eigenvalue weighted by Crippen LogP contribution is -2.05. The van der Waals surface area contributed by atoms with E-state index in [1.165, 1.54) is 5.56 Å². The molecule has 0 aliphatic rings. The number of benzene rings is 2. The summed E-state index contributed by atoms with van der Waals surface area (Å²) in [6, 6.07) is 15.8. The van der Waals surface area contributed by atoms with Gasteiger partial charge in [-0.3, -0.25) is 0 Å². The fourth-order valence-corrected chi connectivity index (χ4v) is 2.07. The minimum absolute atomic E-state index is 0.506. The van der Waals surface area contributed by atoms with Crippen LogP contribution < -0.4 is 4.74 Å². The van der Waals surface area contributed by atoms with E-state index in [9.17, 15) is 0 Å². The highest BCUT2D eigenvalue weighted by molar-refractivity contribution is 6.02. The first-order valence-corrected chi connectivity index (χ1v) is 6.74. The van der Waals surface area contributed by atoms with Crippen LogP contribution in [0, 0.1) is 6.92 Å². The topological polar surface area (TPSA) is 41.8 Å². The third-order valence-corrected chi connectivity index (χ3v) is 3.30. The Labute approximate surface area is 119 Å². The maximum Gasteiger partial charge on any atom is 0.128 e. The predicted octanol–water partition coefficient (Wildman–Crippen LogP) is 4.16. The second kappa shape index (κ2) is 6.75. The number of hydrogen-bond donors (Lipinski definition) is 1. The number of nitrogens with zero attached hydrogens (tertiary/aromatic N) is 1. The molecular formula is C17H19NO2. The molecular weight excluding hydrogens is 250 g/mol. The van der Waals surface area contributed by atoms with Crippen LogP contribution in [-0.2, 0) is 6.61 Å². The Hall–Kier alpha value is -2.29. The van der Waals surface area contributed by atoms with Crippen molar-refractivity contribution >= 4 is 5.71 Å². The number of rotatable bonds is 5. The van der Waals surface area contributed by atoms with Crippen LogP contribution >= 0.6 is 0 Å². The second-order valence-corrected chi connectivity index (χ2v) is 4.61. The van der Waals surface area contributed by atoms with E-state index in [-0.39, 0.29) is 0 Å². The SMILES string of the molecule is CC/C(=N\O)c1ccccc1OCc1ccccc1C.